The van der Waals surface area contributed by atoms with Crippen molar-refractivity contribution in [1.82, 2.24) is 20.1 Å². The molecule has 0 aliphatic heterocycles. The number of imide groups is 1. The fourth-order valence-corrected chi connectivity index (χ4v) is 3.70. The number of aromatic nitrogens is 3. The number of alkyl halides is 1. The van der Waals surface area contributed by atoms with Gasteiger partial charge >= 0.3 is 12.1 Å². The van der Waals surface area contributed by atoms with Gasteiger partial charge in [-0.25, -0.2) is 19.3 Å². The van der Waals surface area contributed by atoms with E-state index in [4.69, 9.17) is 4.74 Å². The number of anilines is 2. The van der Waals surface area contributed by atoms with Crippen LogP contribution >= 0.6 is 0 Å². The third-order valence-electron chi connectivity index (χ3n) is 5.41. The van der Waals surface area contributed by atoms with Crippen molar-refractivity contribution in [3.63, 3.8) is 0 Å². The number of nitrogens with zero attached hydrogens (tertiary/aromatic N) is 3. The summed E-state index contributed by atoms with van der Waals surface area (Å²) in [5.74, 6) is -0.661. The molecule has 9 nitrogen and oxygen atoms in total. The van der Waals surface area contributed by atoms with Gasteiger partial charge in [0.05, 0.1) is 5.69 Å². The Bertz CT molecular complexity index is 1410. The van der Waals surface area contributed by atoms with Crippen molar-refractivity contribution in [2.75, 3.05) is 10.6 Å². The SMILES string of the molecule is CC(C)c1ccccc1NC(=O)NC(=O)Nc1ccc(-c2ncn(-c3ccc(OC(C)(C)F)cc3)n2)cc1. The Morgan fingerprint density at radius 1 is 0.921 bits per heavy atom. The maximum Gasteiger partial charge on any atom is 0.327 e. The first-order valence-electron chi connectivity index (χ1n) is 12.1. The molecule has 4 amide bonds. The maximum absolute atomic E-state index is 13.7. The zero-order valence-corrected chi connectivity index (χ0v) is 21.5. The monoisotopic (exact) mass is 516 g/mol. The Morgan fingerprint density at radius 3 is 2.24 bits per heavy atom. The van der Waals surface area contributed by atoms with Crippen LogP contribution in [0.4, 0.5) is 25.4 Å². The number of amides is 4. The molecule has 196 valence electrons. The summed E-state index contributed by atoms with van der Waals surface area (Å²) in [6, 6.07) is 19.9. The second-order valence-corrected chi connectivity index (χ2v) is 9.32. The van der Waals surface area contributed by atoms with Crippen LogP contribution in [0.3, 0.4) is 0 Å². The van der Waals surface area contributed by atoms with E-state index >= 15 is 0 Å². The topological polar surface area (TPSA) is 110 Å². The number of nitrogens with one attached hydrogen (secondary N) is 3. The van der Waals surface area contributed by atoms with E-state index in [1.807, 2.05) is 32.0 Å². The third kappa shape index (κ3) is 6.94. The van der Waals surface area contributed by atoms with E-state index in [1.165, 1.54) is 13.8 Å². The van der Waals surface area contributed by atoms with Crippen molar-refractivity contribution >= 4 is 23.4 Å². The summed E-state index contributed by atoms with van der Waals surface area (Å²) in [7, 11) is 0. The molecule has 0 radical (unpaired) electrons. The van der Waals surface area contributed by atoms with E-state index in [2.05, 4.69) is 26.0 Å². The van der Waals surface area contributed by atoms with Gasteiger partial charge in [0.25, 0.3) is 0 Å². The fraction of sp³-hybridized carbons (Fsp3) is 0.214. The van der Waals surface area contributed by atoms with Crippen LogP contribution in [-0.4, -0.2) is 32.7 Å². The van der Waals surface area contributed by atoms with E-state index in [1.54, 1.807) is 65.6 Å². The minimum atomic E-state index is -1.77. The second kappa shape index (κ2) is 11.1. The first kappa shape index (κ1) is 26.3. The lowest BCUT2D eigenvalue weighted by Gasteiger charge is -2.17. The molecule has 1 heterocycles. The molecule has 4 rings (SSSR count). The number of benzene rings is 3. The average Bonchev–Trinajstić information content (AvgIpc) is 3.34. The predicted molar refractivity (Wildman–Crippen MR) is 144 cm³/mol. The molecule has 4 aromatic rings. The summed E-state index contributed by atoms with van der Waals surface area (Å²) < 4.78 is 20.5. The van der Waals surface area contributed by atoms with Crippen molar-refractivity contribution in [2.24, 2.45) is 0 Å². The van der Waals surface area contributed by atoms with Gasteiger partial charge in [-0.1, -0.05) is 32.0 Å². The highest BCUT2D eigenvalue weighted by atomic mass is 19.2. The van der Waals surface area contributed by atoms with Crippen molar-refractivity contribution in [1.29, 1.82) is 0 Å². The molecule has 0 bridgehead atoms. The van der Waals surface area contributed by atoms with E-state index in [0.29, 0.717) is 22.9 Å². The summed E-state index contributed by atoms with van der Waals surface area (Å²) in [5.41, 5.74) is 3.58. The van der Waals surface area contributed by atoms with Gasteiger partial charge in [-0.2, -0.15) is 4.39 Å². The zero-order valence-electron chi connectivity index (χ0n) is 21.5. The Balaban J connectivity index is 1.34. The average molecular weight is 517 g/mol. The van der Waals surface area contributed by atoms with E-state index in [9.17, 15) is 14.0 Å². The van der Waals surface area contributed by atoms with Gasteiger partial charge in [0.1, 0.15) is 12.1 Å². The van der Waals surface area contributed by atoms with E-state index in [-0.39, 0.29) is 5.92 Å². The molecule has 10 heteroatoms. The molecule has 1 aromatic heterocycles. The van der Waals surface area contributed by atoms with Crippen LogP contribution in [0.25, 0.3) is 17.1 Å². The van der Waals surface area contributed by atoms with Gasteiger partial charge in [-0.05, 0) is 66.1 Å². The highest BCUT2D eigenvalue weighted by molar-refractivity contribution is 6.05. The highest BCUT2D eigenvalue weighted by Gasteiger charge is 2.17. The van der Waals surface area contributed by atoms with Crippen LogP contribution in [0.1, 0.15) is 39.2 Å². The first-order chi connectivity index (χ1) is 18.1. The number of urea groups is 2. The number of hydrogen-bond acceptors (Lipinski definition) is 5. The van der Waals surface area contributed by atoms with Gasteiger partial charge in [-0.3, -0.25) is 5.32 Å². The maximum atomic E-state index is 13.7. The molecule has 3 N–H and O–H groups in total. The van der Waals surface area contributed by atoms with Crippen LogP contribution in [0.5, 0.6) is 5.75 Å². The Kier molecular flexibility index (Phi) is 7.71. The molecule has 0 saturated heterocycles. The molecule has 0 aliphatic rings. The summed E-state index contributed by atoms with van der Waals surface area (Å²) >= 11 is 0. The van der Waals surface area contributed by atoms with Gasteiger partial charge in [-0.15, -0.1) is 5.10 Å². The smallest absolute Gasteiger partial charge is 0.327 e. The summed E-state index contributed by atoms with van der Waals surface area (Å²) in [6.45, 7) is 6.72. The lowest BCUT2D eigenvalue weighted by Crippen LogP contribution is -2.37. The molecular weight excluding hydrogens is 487 g/mol. The van der Waals surface area contributed by atoms with E-state index in [0.717, 1.165) is 16.8 Å². The normalized spacial score (nSPS) is 11.2. The molecule has 0 spiro atoms. The van der Waals surface area contributed by atoms with Crippen molar-refractivity contribution < 1.29 is 18.7 Å². The summed E-state index contributed by atoms with van der Waals surface area (Å²) in [4.78, 5) is 28.9. The molecule has 0 atom stereocenters. The lowest BCUT2D eigenvalue weighted by molar-refractivity contribution is -0.0257. The second-order valence-electron chi connectivity index (χ2n) is 9.32. The van der Waals surface area contributed by atoms with Crippen molar-refractivity contribution in [3.8, 4) is 22.8 Å². The highest BCUT2D eigenvalue weighted by Crippen LogP contribution is 2.24. The van der Waals surface area contributed by atoms with Crippen molar-refractivity contribution in [3.05, 3.63) is 84.7 Å². The Morgan fingerprint density at radius 2 is 1.58 bits per heavy atom. The first-order valence-corrected chi connectivity index (χ1v) is 12.1. The van der Waals surface area contributed by atoms with Crippen LogP contribution in [0.15, 0.2) is 79.1 Å². The minimum Gasteiger partial charge on any atom is -0.459 e. The van der Waals surface area contributed by atoms with Crippen LogP contribution in [0, 0.1) is 0 Å². The molecule has 0 saturated carbocycles. The standard InChI is InChI=1S/C28H29FN6O3/c1-18(2)23-7-5-6-8-24(23)32-27(37)33-26(36)31-20-11-9-19(10-12-20)25-30-17-35(34-25)21-13-15-22(16-14-21)38-28(3,4)29/h5-18H,1-4H3,(H3,31,32,33,36,37). The van der Waals surface area contributed by atoms with Gasteiger partial charge in [0.2, 0.25) is 5.85 Å². The number of halogens is 1. The lowest BCUT2D eigenvalue weighted by atomic mass is 10.0. The van der Waals surface area contributed by atoms with Crippen molar-refractivity contribution in [2.45, 2.75) is 39.5 Å². The molecule has 0 fully saturated rings. The molecule has 0 aliphatic carbocycles. The number of carbonyl (C=O) groups is 2. The summed E-state index contributed by atoms with van der Waals surface area (Å²) in [5, 5.41) is 12.1. The minimum absolute atomic E-state index is 0.218. The Hall–Kier alpha value is -4.73. The van der Waals surface area contributed by atoms with E-state index < -0.39 is 17.9 Å². The van der Waals surface area contributed by atoms with Crippen LogP contribution in [-0.2, 0) is 0 Å². The van der Waals surface area contributed by atoms with Crippen LogP contribution < -0.4 is 20.7 Å². The number of para-hydroxylation sites is 1. The number of hydrogen-bond donors (Lipinski definition) is 3. The molecular formula is C28H29FN6O3. The summed E-state index contributed by atoms with van der Waals surface area (Å²) in [6.07, 6.45) is 1.57. The number of rotatable bonds is 7. The molecule has 0 unspecified atom stereocenters. The van der Waals surface area contributed by atoms with Gasteiger partial charge in [0, 0.05) is 30.8 Å². The number of ether oxygens (including phenoxy) is 1. The molecule has 38 heavy (non-hydrogen) atoms. The quantitative estimate of drug-likeness (QED) is 0.260. The van der Waals surface area contributed by atoms with Gasteiger partial charge in [0.15, 0.2) is 5.82 Å². The fourth-order valence-electron chi connectivity index (χ4n) is 3.70. The van der Waals surface area contributed by atoms with Crippen LogP contribution in [0.2, 0.25) is 0 Å². The third-order valence-corrected chi connectivity index (χ3v) is 5.41. The molecule has 3 aromatic carbocycles. The predicted octanol–water partition coefficient (Wildman–Crippen LogP) is 6.50. The Labute approximate surface area is 220 Å². The largest absolute Gasteiger partial charge is 0.459 e. The number of carbonyl (C=O) groups excluding carboxylic acids is 2. The zero-order chi connectivity index (χ0) is 27.3. The van der Waals surface area contributed by atoms with Gasteiger partial charge < -0.3 is 15.4 Å².